The summed E-state index contributed by atoms with van der Waals surface area (Å²) in [5.41, 5.74) is 0.849. The topological polar surface area (TPSA) is 60.2 Å². The molecule has 1 amide bonds. The van der Waals surface area contributed by atoms with Crippen LogP contribution < -0.4 is 0 Å². The van der Waals surface area contributed by atoms with Crippen molar-refractivity contribution in [3.05, 3.63) is 47.0 Å². The summed E-state index contributed by atoms with van der Waals surface area (Å²) in [7, 11) is 1.86. The molecule has 1 saturated heterocycles. The Morgan fingerprint density at radius 2 is 2.27 bits per heavy atom. The number of aromatic nitrogens is 3. The summed E-state index contributed by atoms with van der Waals surface area (Å²) in [6.45, 7) is 3.43. The van der Waals surface area contributed by atoms with Crippen molar-refractivity contribution in [3.8, 4) is 0 Å². The van der Waals surface area contributed by atoms with Crippen molar-refractivity contribution in [3.63, 3.8) is 0 Å². The molecular weight excluding hydrogens is 304 g/mol. The number of aryl methyl sites for hydroxylation is 1. The average molecular weight is 321 g/mol. The smallest absolute Gasteiger partial charge is 0.255 e. The third kappa shape index (κ3) is 2.71. The Balaban J connectivity index is 1.84. The molecule has 6 nitrogen and oxygen atoms in total. The van der Waals surface area contributed by atoms with Crippen molar-refractivity contribution in [1.29, 1.82) is 0 Å². The van der Waals surface area contributed by atoms with Gasteiger partial charge >= 0.3 is 0 Å². The van der Waals surface area contributed by atoms with Crippen molar-refractivity contribution in [1.82, 2.24) is 19.7 Å². The van der Waals surface area contributed by atoms with Crippen LogP contribution in [0.3, 0.4) is 0 Å². The summed E-state index contributed by atoms with van der Waals surface area (Å²) in [6.07, 6.45) is 6.73. The van der Waals surface area contributed by atoms with Crippen LogP contribution in [0.25, 0.3) is 0 Å². The fourth-order valence-electron chi connectivity index (χ4n) is 2.63. The molecule has 0 aliphatic carbocycles. The van der Waals surface area contributed by atoms with Gasteiger partial charge < -0.3 is 9.64 Å². The largest absolute Gasteiger partial charge is 0.367 e. The van der Waals surface area contributed by atoms with Crippen molar-refractivity contribution in [2.45, 2.75) is 12.5 Å². The zero-order valence-electron chi connectivity index (χ0n) is 12.5. The van der Waals surface area contributed by atoms with E-state index in [1.165, 1.54) is 6.20 Å². The van der Waals surface area contributed by atoms with Gasteiger partial charge in [-0.2, -0.15) is 5.10 Å². The number of hydrogen-bond donors (Lipinski definition) is 0. The fraction of sp³-hybridized carbons (Fsp3) is 0.400. The van der Waals surface area contributed by atoms with Gasteiger partial charge in [0, 0.05) is 37.7 Å². The zero-order valence-corrected chi connectivity index (χ0v) is 13.2. The predicted molar refractivity (Wildman–Crippen MR) is 81.7 cm³/mol. The molecule has 22 heavy (non-hydrogen) atoms. The lowest BCUT2D eigenvalue weighted by Gasteiger charge is -2.40. The second kappa shape index (κ2) is 5.70. The van der Waals surface area contributed by atoms with E-state index in [1.807, 2.05) is 20.2 Å². The molecule has 3 rings (SSSR count). The van der Waals surface area contributed by atoms with Crippen LogP contribution in [0.1, 0.15) is 22.8 Å². The number of hydrogen-bond acceptors (Lipinski definition) is 4. The SMILES string of the molecule is Cn1cc(C2(C)CN(C(=O)c3ccncc3Cl)CCO2)cn1. The highest BCUT2D eigenvalue weighted by atomic mass is 35.5. The number of rotatable bonds is 2. The Hall–Kier alpha value is -1.92. The normalized spacial score (nSPS) is 21.9. The van der Waals surface area contributed by atoms with Gasteiger partial charge in [0.2, 0.25) is 0 Å². The molecule has 0 aromatic carbocycles. The molecule has 1 unspecified atom stereocenters. The summed E-state index contributed by atoms with van der Waals surface area (Å²) < 4.78 is 7.65. The molecule has 0 saturated carbocycles. The molecule has 0 radical (unpaired) electrons. The fourth-order valence-corrected chi connectivity index (χ4v) is 2.83. The molecule has 0 spiro atoms. The van der Waals surface area contributed by atoms with Gasteiger partial charge in [-0.05, 0) is 13.0 Å². The first-order valence-electron chi connectivity index (χ1n) is 7.01. The molecule has 2 aromatic heterocycles. The number of carbonyl (C=O) groups is 1. The number of morpholine rings is 1. The zero-order chi connectivity index (χ0) is 15.7. The summed E-state index contributed by atoms with van der Waals surface area (Å²) in [5, 5.41) is 4.55. The van der Waals surface area contributed by atoms with Gasteiger partial charge in [0.25, 0.3) is 5.91 Å². The Bertz CT molecular complexity index is 702. The van der Waals surface area contributed by atoms with E-state index in [0.29, 0.717) is 30.3 Å². The van der Waals surface area contributed by atoms with E-state index < -0.39 is 5.60 Å². The number of nitrogens with zero attached hydrogens (tertiary/aromatic N) is 4. The van der Waals surface area contributed by atoms with E-state index in [1.54, 1.807) is 28.0 Å². The lowest BCUT2D eigenvalue weighted by atomic mass is 9.96. The lowest BCUT2D eigenvalue weighted by Crippen LogP contribution is -2.50. The van der Waals surface area contributed by atoms with E-state index in [-0.39, 0.29) is 5.91 Å². The van der Waals surface area contributed by atoms with E-state index in [9.17, 15) is 4.79 Å². The first-order chi connectivity index (χ1) is 10.5. The van der Waals surface area contributed by atoms with Gasteiger partial charge in [-0.25, -0.2) is 0 Å². The van der Waals surface area contributed by atoms with Gasteiger partial charge in [0.1, 0.15) is 5.60 Å². The average Bonchev–Trinajstić information content (AvgIpc) is 2.95. The number of pyridine rings is 1. The first-order valence-corrected chi connectivity index (χ1v) is 7.39. The number of halogens is 1. The molecular formula is C15H17ClN4O2. The standard InChI is InChI=1S/C15H17ClN4O2/c1-15(11-7-18-19(2)9-11)10-20(5-6-22-15)14(21)12-3-4-17-8-13(12)16/h3-4,7-9H,5-6,10H2,1-2H3. The maximum atomic E-state index is 12.7. The van der Waals surface area contributed by atoms with E-state index >= 15 is 0 Å². The summed E-state index contributed by atoms with van der Waals surface area (Å²) in [6, 6.07) is 1.64. The first kappa shape index (κ1) is 15.0. The highest BCUT2D eigenvalue weighted by Crippen LogP contribution is 2.30. The Morgan fingerprint density at radius 1 is 1.45 bits per heavy atom. The minimum absolute atomic E-state index is 0.106. The second-order valence-corrected chi connectivity index (χ2v) is 5.97. The number of amides is 1. The van der Waals surface area contributed by atoms with Crippen molar-refractivity contribution in [2.24, 2.45) is 7.05 Å². The van der Waals surface area contributed by atoms with Crippen LogP contribution in [0, 0.1) is 0 Å². The monoisotopic (exact) mass is 320 g/mol. The van der Waals surface area contributed by atoms with Crippen LogP contribution in [0.2, 0.25) is 5.02 Å². The van der Waals surface area contributed by atoms with E-state index in [0.717, 1.165) is 5.56 Å². The van der Waals surface area contributed by atoms with Crippen LogP contribution in [-0.2, 0) is 17.4 Å². The van der Waals surface area contributed by atoms with E-state index in [2.05, 4.69) is 10.1 Å². The minimum atomic E-state index is -0.568. The molecule has 1 aliphatic rings. The van der Waals surface area contributed by atoms with Gasteiger partial charge in [0.05, 0.1) is 29.9 Å². The van der Waals surface area contributed by atoms with Crippen LogP contribution in [-0.4, -0.2) is 45.3 Å². The van der Waals surface area contributed by atoms with E-state index in [4.69, 9.17) is 16.3 Å². The molecule has 116 valence electrons. The van der Waals surface area contributed by atoms with Gasteiger partial charge in [-0.1, -0.05) is 11.6 Å². The predicted octanol–water partition coefficient (Wildman–Crippen LogP) is 1.86. The molecule has 1 atom stereocenters. The highest BCUT2D eigenvalue weighted by molar-refractivity contribution is 6.33. The Kier molecular flexibility index (Phi) is 3.88. The third-order valence-corrected chi connectivity index (χ3v) is 4.18. The van der Waals surface area contributed by atoms with Crippen LogP contribution in [0.5, 0.6) is 0 Å². The quantitative estimate of drug-likeness (QED) is 0.847. The van der Waals surface area contributed by atoms with Crippen LogP contribution in [0.4, 0.5) is 0 Å². The summed E-state index contributed by atoms with van der Waals surface area (Å²) in [5.74, 6) is -0.106. The molecule has 7 heteroatoms. The Morgan fingerprint density at radius 3 is 2.95 bits per heavy atom. The Labute approximate surface area is 133 Å². The highest BCUT2D eigenvalue weighted by Gasteiger charge is 2.37. The van der Waals surface area contributed by atoms with Gasteiger partial charge in [-0.3, -0.25) is 14.5 Å². The van der Waals surface area contributed by atoms with Gasteiger partial charge in [-0.15, -0.1) is 0 Å². The molecule has 1 fully saturated rings. The third-order valence-electron chi connectivity index (χ3n) is 3.88. The van der Waals surface area contributed by atoms with Crippen molar-refractivity contribution >= 4 is 17.5 Å². The summed E-state index contributed by atoms with van der Waals surface area (Å²) >= 11 is 6.08. The molecule has 2 aromatic rings. The number of carbonyl (C=O) groups excluding carboxylic acids is 1. The second-order valence-electron chi connectivity index (χ2n) is 5.56. The van der Waals surface area contributed by atoms with Crippen molar-refractivity contribution in [2.75, 3.05) is 19.7 Å². The summed E-state index contributed by atoms with van der Waals surface area (Å²) in [4.78, 5) is 18.4. The lowest BCUT2D eigenvalue weighted by molar-refractivity contribution is -0.0931. The molecule has 1 aliphatic heterocycles. The maximum Gasteiger partial charge on any atom is 0.255 e. The number of ether oxygens (including phenoxy) is 1. The minimum Gasteiger partial charge on any atom is -0.367 e. The molecule has 0 N–H and O–H groups in total. The van der Waals surface area contributed by atoms with Crippen molar-refractivity contribution < 1.29 is 9.53 Å². The molecule has 0 bridgehead atoms. The molecule has 3 heterocycles. The maximum absolute atomic E-state index is 12.7. The van der Waals surface area contributed by atoms with Gasteiger partial charge in [0.15, 0.2) is 0 Å². The van der Waals surface area contributed by atoms with Crippen LogP contribution >= 0.6 is 11.6 Å². The van der Waals surface area contributed by atoms with Crippen LogP contribution in [0.15, 0.2) is 30.9 Å².